The SMILES string of the molecule is O=C1S/C(=C/c2ccccc2)C(=O)N1C(=O)c1ccc(F)cc1. The Bertz CT molecular complexity index is 815. The molecule has 0 bridgehead atoms. The van der Waals surface area contributed by atoms with Crippen molar-refractivity contribution < 1.29 is 18.8 Å². The fraction of sp³-hybridized carbons (Fsp3) is 0. The Balaban J connectivity index is 1.88. The molecule has 114 valence electrons. The van der Waals surface area contributed by atoms with Gasteiger partial charge in [-0.15, -0.1) is 0 Å². The molecule has 2 aromatic carbocycles. The normalized spacial score (nSPS) is 16.2. The number of benzene rings is 2. The van der Waals surface area contributed by atoms with Gasteiger partial charge in [0.05, 0.1) is 4.91 Å². The number of hydrogen-bond donors (Lipinski definition) is 0. The van der Waals surface area contributed by atoms with Crippen LogP contribution in [-0.2, 0) is 4.79 Å². The third-order valence-corrected chi connectivity index (χ3v) is 4.05. The van der Waals surface area contributed by atoms with Crippen LogP contribution in [0, 0.1) is 5.82 Å². The average Bonchev–Trinajstić information content (AvgIpc) is 2.82. The first-order valence-corrected chi connectivity index (χ1v) is 7.51. The molecule has 0 saturated carbocycles. The largest absolute Gasteiger partial charge is 0.300 e. The Morgan fingerprint density at radius 2 is 1.65 bits per heavy atom. The van der Waals surface area contributed by atoms with Crippen LogP contribution in [-0.4, -0.2) is 22.0 Å². The molecule has 1 saturated heterocycles. The summed E-state index contributed by atoms with van der Waals surface area (Å²) in [6.45, 7) is 0. The molecule has 0 spiro atoms. The van der Waals surface area contributed by atoms with Gasteiger partial charge in [-0.2, -0.15) is 0 Å². The molecule has 0 unspecified atom stereocenters. The van der Waals surface area contributed by atoms with Gasteiger partial charge in [-0.3, -0.25) is 14.4 Å². The van der Waals surface area contributed by atoms with Crippen molar-refractivity contribution in [3.8, 4) is 0 Å². The van der Waals surface area contributed by atoms with Crippen LogP contribution < -0.4 is 0 Å². The average molecular weight is 327 g/mol. The lowest BCUT2D eigenvalue weighted by molar-refractivity contribution is -0.120. The Morgan fingerprint density at radius 3 is 2.30 bits per heavy atom. The number of amides is 3. The van der Waals surface area contributed by atoms with E-state index in [1.807, 2.05) is 6.07 Å². The van der Waals surface area contributed by atoms with Gasteiger partial charge in [-0.25, -0.2) is 9.29 Å². The number of rotatable bonds is 2. The first kappa shape index (κ1) is 15.2. The first-order valence-electron chi connectivity index (χ1n) is 6.69. The van der Waals surface area contributed by atoms with Gasteiger partial charge in [-0.05, 0) is 47.7 Å². The maximum Gasteiger partial charge on any atom is 0.300 e. The van der Waals surface area contributed by atoms with Crippen LogP contribution in [0.2, 0.25) is 0 Å². The van der Waals surface area contributed by atoms with Crippen molar-refractivity contribution in [2.45, 2.75) is 0 Å². The molecule has 0 N–H and O–H groups in total. The van der Waals surface area contributed by atoms with E-state index in [1.165, 1.54) is 12.1 Å². The highest BCUT2D eigenvalue weighted by Crippen LogP contribution is 2.33. The van der Waals surface area contributed by atoms with E-state index in [2.05, 4.69) is 0 Å². The zero-order valence-corrected chi connectivity index (χ0v) is 12.5. The smallest absolute Gasteiger partial charge is 0.268 e. The van der Waals surface area contributed by atoms with Crippen LogP contribution in [0.25, 0.3) is 6.08 Å². The Hall–Kier alpha value is -2.73. The number of hydrogen-bond acceptors (Lipinski definition) is 4. The van der Waals surface area contributed by atoms with Gasteiger partial charge in [-0.1, -0.05) is 30.3 Å². The van der Waals surface area contributed by atoms with E-state index >= 15 is 0 Å². The summed E-state index contributed by atoms with van der Waals surface area (Å²) in [7, 11) is 0. The summed E-state index contributed by atoms with van der Waals surface area (Å²) in [5.41, 5.74) is 0.835. The molecule has 0 aliphatic carbocycles. The molecule has 1 heterocycles. The molecule has 2 aromatic rings. The topological polar surface area (TPSA) is 54.5 Å². The third kappa shape index (κ3) is 3.07. The second-order valence-electron chi connectivity index (χ2n) is 4.74. The molecule has 1 aliphatic rings. The number of carbonyl (C=O) groups is 3. The predicted molar refractivity (Wildman–Crippen MR) is 85.0 cm³/mol. The van der Waals surface area contributed by atoms with Crippen LogP contribution in [0.4, 0.5) is 9.18 Å². The van der Waals surface area contributed by atoms with Gasteiger partial charge in [0.2, 0.25) is 0 Å². The maximum absolute atomic E-state index is 12.9. The van der Waals surface area contributed by atoms with Gasteiger partial charge in [0.1, 0.15) is 5.82 Å². The lowest BCUT2D eigenvalue weighted by atomic mass is 10.2. The van der Waals surface area contributed by atoms with Crippen LogP contribution in [0.3, 0.4) is 0 Å². The van der Waals surface area contributed by atoms with E-state index in [1.54, 1.807) is 30.3 Å². The number of carbonyl (C=O) groups excluding carboxylic acids is 3. The van der Waals surface area contributed by atoms with E-state index < -0.39 is 22.9 Å². The van der Waals surface area contributed by atoms with Gasteiger partial charge in [0, 0.05) is 5.56 Å². The van der Waals surface area contributed by atoms with Gasteiger partial charge >= 0.3 is 5.24 Å². The number of halogens is 1. The number of nitrogens with zero attached hydrogens (tertiary/aromatic N) is 1. The summed E-state index contributed by atoms with van der Waals surface area (Å²) < 4.78 is 12.9. The summed E-state index contributed by atoms with van der Waals surface area (Å²) >= 11 is 0.706. The molecule has 6 heteroatoms. The zero-order chi connectivity index (χ0) is 16.4. The van der Waals surface area contributed by atoms with Crippen molar-refractivity contribution in [1.82, 2.24) is 4.90 Å². The number of thioether (sulfide) groups is 1. The molecule has 0 radical (unpaired) electrons. The molecular formula is C17H10FNO3S. The molecular weight excluding hydrogens is 317 g/mol. The highest BCUT2D eigenvalue weighted by Gasteiger charge is 2.40. The molecule has 23 heavy (non-hydrogen) atoms. The summed E-state index contributed by atoms with van der Waals surface area (Å²) in [4.78, 5) is 37.4. The molecule has 0 atom stereocenters. The summed E-state index contributed by atoms with van der Waals surface area (Å²) in [6, 6.07) is 13.7. The lowest BCUT2D eigenvalue weighted by Gasteiger charge is -2.10. The number of imide groups is 3. The highest BCUT2D eigenvalue weighted by atomic mass is 32.2. The van der Waals surface area contributed by atoms with Crippen molar-refractivity contribution in [3.63, 3.8) is 0 Å². The lowest BCUT2D eigenvalue weighted by Crippen LogP contribution is -2.34. The second kappa shape index (κ2) is 6.18. The van der Waals surface area contributed by atoms with Gasteiger partial charge < -0.3 is 0 Å². The highest BCUT2D eigenvalue weighted by molar-refractivity contribution is 8.18. The molecule has 1 fully saturated rings. The molecule has 0 aromatic heterocycles. The molecule has 3 amide bonds. The van der Waals surface area contributed by atoms with Crippen LogP contribution >= 0.6 is 11.8 Å². The van der Waals surface area contributed by atoms with Gasteiger partial charge in [0.25, 0.3) is 11.8 Å². The minimum Gasteiger partial charge on any atom is -0.268 e. The standard InChI is InChI=1S/C17H10FNO3S/c18-13-8-6-12(7-9-13)15(20)19-16(21)14(23-17(19)22)10-11-4-2-1-3-5-11/h1-10H/b14-10+. The fourth-order valence-electron chi connectivity index (χ4n) is 2.07. The van der Waals surface area contributed by atoms with Gasteiger partial charge in [0.15, 0.2) is 0 Å². The van der Waals surface area contributed by atoms with E-state index in [0.29, 0.717) is 16.7 Å². The van der Waals surface area contributed by atoms with E-state index in [-0.39, 0.29) is 10.5 Å². The van der Waals surface area contributed by atoms with Crippen molar-refractivity contribution in [2.75, 3.05) is 0 Å². The van der Waals surface area contributed by atoms with E-state index in [4.69, 9.17) is 0 Å². The Kier molecular flexibility index (Phi) is 4.08. The van der Waals surface area contributed by atoms with Crippen LogP contribution in [0.5, 0.6) is 0 Å². The molecule has 3 rings (SSSR count). The molecule has 4 nitrogen and oxygen atoms in total. The minimum absolute atomic E-state index is 0.0784. The molecule has 1 aliphatic heterocycles. The quantitative estimate of drug-likeness (QED) is 0.623. The Morgan fingerprint density at radius 1 is 1.00 bits per heavy atom. The summed E-state index contributed by atoms with van der Waals surface area (Å²) in [5, 5.41) is -0.661. The van der Waals surface area contributed by atoms with Crippen molar-refractivity contribution >= 4 is 34.9 Å². The summed E-state index contributed by atoms with van der Waals surface area (Å²) in [5.74, 6) is -1.93. The van der Waals surface area contributed by atoms with Crippen LogP contribution in [0.15, 0.2) is 59.5 Å². The monoisotopic (exact) mass is 327 g/mol. The predicted octanol–water partition coefficient (Wildman–Crippen LogP) is 3.70. The minimum atomic E-state index is -0.760. The Labute approximate surface area is 135 Å². The van der Waals surface area contributed by atoms with E-state index in [0.717, 1.165) is 17.7 Å². The van der Waals surface area contributed by atoms with Crippen LogP contribution in [0.1, 0.15) is 15.9 Å². The first-order chi connectivity index (χ1) is 11.1. The second-order valence-corrected chi connectivity index (χ2v) is 5.73. The third-order valence-electron chi connectivity index (χ3n) is 3.19. The summed E-state index contributed by atoms with van der Waals surface area (Å²) in [6.07, 6.45) is 1.56. The fourth-order valence-corrected chi connectivity index (χ4v) is 2.88. The van der Waals surface area contributed by atoms with Crippen molar-refractivity contribution in [3.05, 3.63) is 76.4 Å². The van der Waals surface area contributed by atoms with Crippen molar-refractivity contribution in [1.29, 1.82) is 0 Å². The van der Waals surface area contributed by atoms with E-state index in [9.17, 15) is 18.8 Å². The van der Waals surface area contributed by atoms with Crippen molar-refractivity contribution in [2.24, 2.45) is 0 Å². The maximum atomic E-state index is 12.9. The zero-order valence-electron chi connectivity index (χ0n) is 11.7.